The molecule has 2 aromatic carbocycles. The maximum absolute atomic E-state index is 13.2. The predicted octanol–water partition coefficient (Wildman–Crippen LogP) is 4.08. The van der Waals surface area contributed by atoms with Gasteiger partial charge in [-0.2, -0.15) is 0 Å². The molecule has 9 nitrogen and oxygen atoms in total. The van der Waals surface area contributed by atoms with Crippen molar-refractivity contribution in [2.24, 2.45) is 5.92 Å². The van der Waals surface area contributed by atoms with Gasteiger partial charge in [0.1, 0.15) is 0 Å². The molecule has 0 radical (unpaired) electrons. The number of hydrogen-bond donors (Lipinski definition) is 1. The van der Waals surface area contributed by atoms with Crippen LogP contribution in [0.2, 0.25) is 0 Å². The number of ether oxygens (including phenoxy) is 5. The second-order valence-electron chi connectivity index (χ2n) is 8.38. The summed E-state index contributed by atoms with van der Waals surface area (Å²) in [5, 5.41) is 0.833. The van der Waals surface area contributed by atoms with Crippen LogP contribution in [0.5, 0.6) is 11.5 Å². The van der Waals surface area contributed by atoms with Crippen LogP contribution >= 0.6 is 15.9 Å². The standard InChI is InChI=1S/C25H24BrNO8/c1-25(2)34-23(29)22(24(30)35-25)21(15-11-27-17-8-6-5-7-13(15)17)14-9-18(31-3)19(10-16(14)26)33-12-20(28)32-4/h5-11,21-22,27H,12H2,1-4H3/t21-/m1/s1. The third-order valence-electron chi connectivity index (χ3n) is 5.68. The van der Waals surface area contributed by atoms with E-state index in [1.807, 2.05) is 24.3 Å². The number of nitrogens with one attached hydrogen (secondary N) is 1. The molecule has 0 amide bonds. The van der Waals surface area contributed by atoms with Crippen molar-refractivity contribution in [3.63, 3.8) is 0 Å². The number of carbonyl (C=O) groups excluding carboxylic acids is 3. The minimum Gasteiger partial charge on any atom is -0.493 e. The van der Waals surface area contributed by atoms with E-state index in [1.165, 1.54) is 28.1 Å². The van der Waals surface area contributed by atoms with Crippen LogP contribution < -0.4 is 9.47 Å². The first-order valence-electron chi connectivity index (χ1n) is 10.7. The fraction of sp³-hybridized carbons (Fsp3) is 0.320. The van der Waals surface area contributed by atoms with E-state index in [4.69, 9.17) is 18.9 Å². The SMILES string of the molecule is COC(=O)COc1cc(Br)c([C@H](c2c[nH]c3ccccc23)C2C(=O)OC(C)(C)OC2=O)cc1OC. The molecule has 4 rings (SSSR count). The Morgan fingerprint density at radius 2 is 1.77 bits per heavy atom. The molecule has 35 heavy (non-hydrogen) atoms. The second-order valence-corrected chi connectivity index (χ2v) is 9.23. The third kappa shape index (κ3) is 4.84. The van der Waals surface area contributed by atoms with Gasteiger partial charge < -0.3 is 28.7 Å². The van der Waals surface area contributed by atoms with Gasteiger partial charge in [-0.25, -0.2) is 4.79 Å². The number of carbonyl (C=O) groups is 3. The molecule has 1 saturated heterocycles. The average Bonchev–Trinajstić information content (AvgIpc) is 3.23. The Hall–Kier alpha value is -3.53. The van der Waals surface area contributed by atoms with Gasteiger partial charge in [0.2, 0.25) is 0 Å². The fourth-order valence-electron chi connectivity index (χ4n) is 4.14. The van der Waals surface area contributed by atoms with Gasteiger partial charge in [-0.15, -0.1) is 0 Å². The molecular weight excluding hydrogens is 522 g/mol. The predicted molar refractivity (Wildman–Crippen MR) is 128 cm³/mol. The molecule has 0 spiro atoms. The van der Waals surface area contributed by atoms with Gasteiger partial charge in [-0.05, 0) is 29.3 Å². The highest BCUT2D eigenvalue weighted by atomic mass is 79.9. The Labute approximate surface area is 209 Å². The lowest BCUT2D eigenvalue weighted by Crippen LogP contribution is -2.48. The highest BCUT2D eigenvalue weighted by Gasteiger charge is 2.49. The summed E-state index contributed by atoms with van der Waals surface area (Å²) in [6.45, 7) is 2.69. The summed E-state index contributed by atoms with van der Waals surface area (Å²) in [5.74, 6) is -4.80. The lowest BCUT2D eigenvalue weighted by atomic mass is 9.79. The van der Waals surface area contributed by atoms with Crippen LogP contribution in [0.1, 0.15) is 30.9 Å². The van der Waals surface area contributed by atoms with Gasteiger partial charge in [0.25, 0.3) is 5.79 Å². The molecule has 0 aliphatic carbocycles. The Morgan fingerprint density at radius 1 is 1.09 bits per heavy atom. The van der Waals surface area contributed by atoms with Crippen LogP contribution in [0.4, 0.5) is 0 Å². The summed E-state index contributed by atoms with van der Waals surface area (Å²) < 4.78 is 27.1. The number of rotatable bonds is 7. The first-order chi connectivity index (χ1) is 16.6. The van der Waals surface area contributed by atoms with Crippen LogP contribution in [-0.4, -0.2) is 49.5 Å². The molecule has 10 heteroatoms. The fourth-order valence-corrected chi connectivity index (χ4v) is 4.70. The molecule has 1 atom stereocenters. The third-order valence-corrected chi connectivity index (χ3v) is 6.37. The topological polar surface area (TPSA) is 113 Å². The van der Waals surface area contributed by atoms with E-state index in [9.17, 15) is 14.4 Å². The summed E-state index contributed by atoms with van der Waals surface area (Å²) in [6.07, 6.45) is 1.76. The van der Waals surface area contributed by atoms with Crippen molar-refractivity contribution in [1.29, 1.82) is 0 Å². The van der Waals surface area contributed by atoms with Crippen LogP contribution in [0.3, 0.4) is 0 Å². The van der Waals surface area contributed by atoms with Crippen molar-refractivity contribution in [2.45, 2.75) is 25.6 Å². The largest absolute Gasteiger partial charge is 0.493 e. The Morgan fingerprint density at radius 3 is 2.43 bits per heavy atom. The minimum absolute atomic E-state index is 0.279. The van der Waals surface area contributed by atoms with Gasteiger partial charge in [-0.1, -0.05) is 34.1 Å². The smallest absolute Gasteiger partial charge is 0.343 e. The van der Waals surface area contributed by atoms with E-state index >= 15 is 0 Å². The minimum atomic E-state index is -1.37. The molecule has 3 aromatic rings. The molecule has 1 aromatic heterocycles. The Kier molecular flexibility index (Phi) is 6.75. The van der Waals surface area contributed by atoms with Gasteiger partial charge >= 0.3 is 17.9 Å². The lowest BCUT2D eigenvalue weighted by molar-refractivity contribution is -0.240. The number of fused-ring (bicyclic) bond motifs is 1. The van der Waals surface area contributed by atoms with E-state index in [1.54, 1.807) is 18.3 Å². The molecule has 1 fully saturated rings. The molecule has 0 saturated carbocycles. The maximum atomic E-state index is 13.2. The Bertz CT molecular complexity index is 1280. The van der Waals surface area contributed by atoms with E-state index in [-0.39, 0.29) is 12.4 Å². The van der Waals surface area contributed by atoms with E-state index < -0.39 is 35.5 Å². The van der Waals surface area contributed by atoms with E-state index in [0.717, 1.165) is 10.9 Å². The van der Waals surface area contributed by atoms with E-state index in [2.05, 4.69) is 25.7 Å². The quantitative estimate of drug-likeness (QED) is 0.349. The number of para-hydroxylation sites is 1. The van der Waals surface area contributed by atoms with Gasteiger partial charge in [0.05, 0.1) is 14.2 Å². The highest BCUT2D eigenvalue weighted by molar-refractivity contribution is 9.10. The molecule has 0 unspecified atom stereocenters. The number of benzene rings is 2. The zero-order chi connectivity index (χ0) is 25.3. The van der Waals surface area contributed by atoms with Crippen molar-refractivity contribution in [3.8, 4) is 11.5 Å². The molecule has 1 aliphatic rings. The zero-order valence-electron chi connectivity index (χ0n) is 19.5. The van der Waals surface area contributed by atoms with Crippen LogP contribution in [0, 0.1) is 5.92 Å². The second kappa shape index (κ2) is 9.61. The Balaban J connectivity index is 1.87. The monoisotopic (exact) mass is 545 g/mol. The molecule has 2 heterocycles. The molecular formula is C25H24BrNO8. The van der Waals surface area contributed by atoms with Gasteiger partial charge in [0, 0.05) is 41.3 Å². The molecule has 184 valence electrons. The van der Waals surface area contributed by atoms with Gasteiger partial charge in [-0.3, -0.25) is 9.59 Å². The number of halogens is 1. The average molecular weight is 546 g/mol. The lowest BCUT2D eigenvalue weighted by Gasteiger charge is -2.36. The highest BCUT2D eigenvalue weighted by Crippen LogP contribution is 2.46. The zero-order valence-corrected chi connectivity index (χ0v) is 21.1. The summed E-state index contributed by atoms with van der Waals surface area (Å²) in [4.78, 5) is 41.1. The number of methoxy groups -OCH3 is 2. The summed E-state index contributed by atoms with van der Waals surface area (Å²) in [5.41, 5.74) is 2.10. The number of aromatic nitrogens is 1. The maximum Gasteiger partial charge on any atom is 0.343 e. The summed E-state index contributed by atoms with van der Waals surface area (Å²) in [6, 6.07) is 10.8. The number of cyclic esters (lactones) is 2. The van der Waals surface area contributed by atoms with Crippen molar-refractivity contribution >= 4 is 44.7 Å². The van der Waals surface area contributed by atoms with Gasteiger partial charge in [0.15, 0.2) is 24.0 Å². The number of hydrogen-bond acceptors (Lipinski definition) is 8. The first-order valence-corrected chi connectivity index (χ1v) is 11.5. The molecule has 0 bridgehead atoms. The molecule has 1 aliphatic heterocycles. The number of esters is 3. The van der Waals surface area contributed by atoms with Crippen molar-refractivity contribution < 1.29 is 38.1 Å². The van der Waals surface area contributed by atoms with Crippen LogP contribution in [0.25, 0.3) is 10.9 Å². The van der Waals surface area contributed by atoms with Crippen molar-refractivity contribution in [2.75, 3.05) is 20.8 Å². The van der Waals surface area contributed by atoms with Crippen LogP contribution in [0.15, 0.2) is 47.1 Å². The summed E-state index contributed by atoms with van der Waals surface area (Å²) in [7, 11) is 2.71. The van der Waals surface area contributed by atoms with Crippen LogP contribution in [-0.2, 0) is 28.6 Å². The number of aromatic amines is 1. The van der Waals surface area contributed by atoms with Crippen molar-refractivity contribution in [3.05, 3.63) is 58.2 Å². The number of H-pyrrole nitrogens is 1. The van der Waals surface area contributed by atoms with Crippen molar-refractivity contribution in [1.82, 2.24) is 4.98 Å². The normalized spacial score (nSPS) is 16.4. The summed E-state index contributed by atoms with van der Waals surface area (Å²) >= 11 is 3.55. The first kappa shape index (κ1) is 24.6. The van der Waals surface area contributed by atoms with E-state index in [0.29, 0.717) is 21.3 Å². The molecule has 1 N–H and O–H groups in total.